The molecule has 3 aromatic carbocycles. The number of benzene rings is 3. The van der Waals surface area contributed by atoms with Gasteiger partial charge in [0.05, 0.1) is 5.69 Å². The van der Waals surface area contributed by atoms with Gasteiger partial charge >= 0.3 is 0 Å². The summed E-state index contributed by atoms with van der Waals surface area (Å²) in [7, 11) is 0. The van der Waals surface area contributed by atoms with Crippen LogP contribution in [0.3, 0.4) is 0 Å². The zero-order chi connectivity index (χ0) is 20.4. The summed E-state index contributed by atoms with van der Waals surface area (Å²) in [6.07, 6.45) is -0.479. The zero-order valence-corrected chi connectivity index (χ0v) is 16.1. The molecule has 0 aliphatic carbocycles. The summed E-state index contributed by atoms with van der Waals surface area (Å²) in [5.74, 6) is 0.405. The van der Waals surface area contributed by atoms with Gasteiger partial charge in [-0.3, -0.25) is 14.5 Å². The number of para-hydroxylation sites is 1. The lowest BCUT2D eigenvalue weighted by atomic mass is 10.0. The van der Waals surface area contributed by atoms with E-state index in [-0.39, 0.29) is 17.2 Å². The Labute approximate surface area is 172 Å². The van der Waals surface area contributed by atoms with Crippen LogP contribution < -0.4 is 10.5 Å². The minimum absolute atomic E-state index is 0.0708. The number of fused-ring (bicyclic) bond motifs is 8. The topological polar surface area (TPSA) is 68.1 Å². The third-order valence-corrected chi connectivity index (χ3v) is 5.77. The van der Waals surface area contributed by atoms with E-state index in [0.29, 0.717) is 17.0 Å². The predicted molar refractivity (Wildman–Crippen MR) is 113 cm³/mol. The number of rotatable bonds is 1. The Bertz CT molecular complexity index is 1410. The average Bonchev–Trinajstić information content (AvgIpc) is 3.07. The number of nitrogens with zero attached hydrogens (tertiary/aromatic N) is 4. The SMILES string of the molecule is Cc1cccc2c1N1C(=O)c3ccccc3[C@@H]1n1nc(-c3ccccc3)c(=O)nc1-2. The second-order valence-electron chi connectivity index (χ2n) is 7.51. The standard InChI is InChI=1S/C24H16N4O2/c1-14-8-7-13-18-20(14)27-23(16-11-5-6-12-17(16)24(27)30)28-21(18)25-22(29)19(26-28)15-9-3-2-4-10-15/h2-13,23H,1H3/t23-/m0/s1. The average molecular weight is 392 g/mol. The summed E-state index contributed by atoms with van der Waals surface area (Å²) < 4.78 is 1.72. The molecule has 30 heavy (non-hydrogen) atoms. The fraction of sp³-hybridized carbons (Fsp3) is 0.0833. The Morgan fingerprint density at radius 3 is 2.40 bits per heavy atom. The maximum absolute atomic E-state index is 13.4. The highest BCUT2D eigenvalue weighted by Gasteiger charge is 2.45. The molecule has 0 bridgehead atoms. The molecule has 144 valence electrons. The van der Waals surface area contributed by atoms with Gasteiger partial charge in [0.25, 0.3) is 11.5 Å². The Morgan fingerprint density at radius 2 is 1.57 bits per heavy atom. The molecule has 0 saturated carbocycles. The van der Waals surface area contributed by atoms with Crippen molar-refractivity contribution in [3.8, 4) is 22.6 Å². The van der Waals surface area contributed by atoms with Crippen LogP contribution in [-0.2, 0) is 0 Å². The monoisotopic (exact) mass is 392 g/mol. The van der Waals surface area contributed by atoms with Gasteiger partial charge in [-0.15, -0.1) is 0 Å². The minimum atomic E-state index is -0.479. The normalized spacial score (nSPS) is 16.0. The largest absolute Gasteiger partial charge is 0.300 e. The molecule has 0 radical (unpaired) electrons. The van der Waals surface area contributed by atoms with Gasteiger partial charge in [0.15, 0.2) is 17.7 Å². The van der Waals surface area contributed by atoms with E-state index in [1.54, 1.807) is 9.58 Å². The molecule has 0 N–H and O–H groups in total. The van der Waals surface area contributed by atoms with Gasteiger partial charge < -0.3 is 0 Å². The van der Waals surface area contributed by atoms with E-state index < -0.39 is 6.17 Å². The van der Waals surface area contributed by atoms with Crippen LogP contribution in [0.1, 0.15) is 27.7 Å². The molecule has 4 aromatic rings. The third-order valence-electron chi connectivity index (χ3n) is 5.77. The fourth-order valence-corrected chi connectivity index (χ4v) is 4.45. The van der Waals surface area contributed by atoms with Crippen molar-refractivity contribution in [2.24, 2.45) is 0 Å². The maximum Gasteiger partial charge on any atom is 0.300 e. The Kier molecular flexibility index (Phi) is 3.35. The number of hydrogen-bond acceptors (Lipinski definition) is 4. The predicted octanol–water partition coefficient (Wildman–Crippen LogP) is 3.80. The van der Waals surface area contributed by atoms with E-state index >= 15 is 0 Å². The molecule has 2 aliphatic rings. The number of hydrogen-bond donors (Lipinski definition) is 0. The number of carbonyl (C=O) groups is 1. The first-order chi connectivity index (χ1) is 14.6. The first-order valence-corrected chi connectivity index (χ1v) is 9.74. The lowest BCUT2D eigenvalue weighted by Gasteiger charge is -2.35. The van der Waals surface area contributed by atoms with Gasteiger partial charge in [-0.1, -0.05) is 60.7 Å². The lowest BCUT2D eigenvalue weighted by molar-refractivity contribution is 0.0986. The molecular weight excluding hydrogens is 376 g/mol. The minimum Gasteiger partial charge on any atom is -0.280 e. The molecular formula is C24H16N4O2. The number of aromatic nitrogens is 3. The number of carbonyl (C=O) groups excluding carboxylic acids is 1. The quantitative estimate of drug-likeness (QED) is 0.494. The smallest absolute Gasteiger partial charge is 0.280 e. The van der Waals surface area contributed by atoms with Crippen molar-refractivity contribution in [1.82, 2.24) is 14.8 Å². The van der Waals surface area contributed by atoms with Crippen molar-refractivity contribution in [2.45, 2.75) is 13.1 Å². The highest BCUT2D eigenvalue weighted by atomic mass is 16.2. The molecule has 6 heteroatoms. The van der Waals surface area contributed by atoms with Gasteiger partial charge in [-0.05, 0) is 24.6 Å². The van der Waals surface area contributed by atoms with E-state index in [2.05, 4.69) is 4.98 Å². The van der Waals surface area contributed by atoms with E-state index in [1.165, 1.54) is 0 Å². The van der Waals surface area contributed by atoms with Crippen LogP contribution in [0.5, 0.6) is 0 Å². The number of anilines is 1. The Morgan fingerprint density at radius 1 is 0.833 bits per heavy atom. The van der Waals surface area contributed by atoms with E-state index in [4.69, 9.17) is 5.10 Å². The summed E-state index contributed by atoms with van der Waals surface area (Å²) in [6, 6.07) is 22.6. The maximum atomic E-state index is 13.4. The zero-order valence-electron chi connectivity index (χ0n) is 16.1. The number of aryl methyl sites for hydroxylation is 1. The van der Waals surface area contributed by atoms with Gasteiger partial charge in [-0.2, -0.15) is 10.1 Å². The van der Waals surface area contributed by atoms with Crippen molar-refractivity contribution in [1.29, 1.82) is 0 Å². The van der Waals surface area contributed by atoms with Crippen molar-refractivity contribution < 1.29 is 4.79 Å². The van der Waals surface area contributed by atoms with Crippen LogP contribution in [0.4, 0.5) is 5.69 Å². The lowest BCUT2D eigenvalue weighted by Crippen LogP contribution is -2.39. The van der Waals surface area contributed by atoms with Crippen molar-refractivity contribution in [3.05, 3.63) is 99.8 Å². The molecule has 0 unspecified atom stereocenters. The summed E-state index contributed by atoms with van der Waals surface area (Å²) in [5.41, 5.74) is 4.55. The summed E-state index contributed by atoms with van der Waals surface area (Å²) >= 11 is 0. The van der Waals surface area contributed by atoms with Crippen LogP contribution in [-0.4, -0.2) is 20.7 Å². The van der Waals surface area contributed by atoms with Gasteiger partial charge in [-0.25, -0.2) is 4.68 Å². The summed E-state index contributed by atoms with van der Waals surface area (Å²) in [5, 5.41) is 4.74. The van der Waals surface area contributed by atoms with Crippen molar-refractivity contribution in [3.63, 3.8) is 0 Å². The van der Waals surface area contributed by atoms with E-state index in [1.807, 2.05) is 79.7 Å². The van der Waals surface area contributed by atoms with Crippen molar-refractivity contribution >= 4 is 11.6 Å². The molecule has 6 rings (SSSR count). The van der Waals surface area contributed by atoms with Crippen molar-refractivity contribution in [2.75, 3.05) is 4.90 Å². The third kappa shape index (κ3) is 2.13. The Hall–Kier alpha value is -4.06. The van der Waals surface area contributed by atoms with E-state index in [0.717, 1.165) is 22.4 Å². The fourth-order valence-electron chi connectivity index (χ4n) is 4.45. The van der Waals surface area contributed by atoms with Crippen LogP contribution >= 0.6 is 0 Å². The summed E-state index contributed by atoms with van der Waals surface area (Å²) in [6.45, 7) is 1.96. The highest BCUT2D eigenvalue weighted by Crippen LogP contribution is 2.47. The molecule has 0 spiro atoms. The molecule has 3 heterocycles. The molecule has 1 amide bonds. The number of amides is 1. The molecule has 1 aromatic heterocycles. The van der Waals surface area contributed by atoms with E-state index in [9.17, 15) is 9.59 Å². The van der Waals surface area contributed by atoms with Gasteiger partial charge in [0.1, 0.15) is 0 Å². The van der Waals surface area contributed by atoms with Crippen LogP contribution in [0.25, 0.3) is 22.6 Å². The highest BCUT2D eigenvalue weighted by molar-refractivity contribution is 6.13. The second-order valence-corrected chi connectivity index (χ2v) is 7.51. The summed E-state index contributed by atoms with van der Waals surface area (Å²) in [4.78, 5) is 32.5. The molecule has 2 aliphatic heterocycles. The second kappa shape index (κ2) is 5.97. The first-order valence-electron chi connectivity index (χ1n) is 9.74. The molecule has 1 atom stereocenters. The Balaban J connectivity index is 1.72. The van der Waals surface area contributed by atoms with Gasteiger partial charge in [0.2, 0.25) is 0 Å². The van der Waals surface area contributed by atoms with Crippen LogP contribution in [0.2, 0.25) is 0 Å². The van der Waals surface area contributed by atoms with Crippen LogP contribution in [0.15, 0.2) is 77.6 Å². The van der Waals surface area contributed by atoms with Crippen LogP contribution in [0, 0.1) is 6.92 Å². The molecule has 0 saturated heterocycles. The van der Waals surface area contributed by atoms with Gasteiger partial charge in [0, 0.05) is 22.3 Å². The first kappa shape index (κ1) is 16.9. The molecule has 6 nitrogen and oxygen atoms in total. The molecule has 0 fully saturated rings.